The first-order chi connectivity index (χ1) is 9.30. The molecule has 1 aliphatic heterocycles. The Bertz CT molecular complexity index is 248. The number of nitrogens with zero attached hydrogens (tertiary/aromatic N) is 2. The number of ether oxygens (including phenoxy) is 1. The molecule has 1 saturated heterocycles. The summed E-state index contributed by atoms with van der Waals surface area (Å²) in [6.45, 7) is 13.2. The summed E-state index contributed by atoms with van der Waals surface area (Å²) < 4.78 is 5.59. The van der Waals surface area contributed by atoms with Crippen LogP contribution >= 0.6 is 0 Å². The zero-order valence-electron chi connectivity index (χ0n) is 12.7. The first kappa shape index (κ1) is 16.2. The number of hydrogen-bond donors (Lipinski definition) is 2. The van der Waals surface area contributed by atoms with Crippen molar-refractivity contribution in [2.45, 2.75) is 39.7 Å². The lowest BCUT2D eigenvalue weighted by atomic mass is 10.2. The second-order valence-electron chi connectivity index (χ2n) is 4.81. The topological polar surface area (TPSA) is 48.9 Å². The molecule has 2 N–H and O–H groups in total. The standard InChI is InChI=1S/C14H30N4O/c1-4-15-14(16-9-10-18(5-2)6-3)17-12-13-8-7-11-19-13/h13H,4-12H2,1-3H3,(H2,15,16,17). The molecule has 0 radical (unpaired) electrons. The van der Waals surface area contributed by atoms with E-state index >= 15 is 0 Å². The molecule has 1 atom stereocenters. The van der Waals surface area contributed by atoms with E-state index < -0.39 is 0 Å². The van der Waals surface area contributed by atoms with Crippen molar-refractivity contribution >= 4 is 5.96 Å². The fourth-order valence-electron chi connectivity index (χ4n) is 2.20. The van der Waals surface area contributed by atoms with E-state index in [9.17, 15) is 0 Å². The van der Waals surface area contributed by atoms with Gasteiger partial charge in [0, 0.05) is 26.2 Å². The molecular weight excluding hydrogens is 240 g/mol. The maximum absolute atomic E-state index is 5.59. The largest absolute Gasteiger partial charge is 0.376 e. The van der Waals surface area contributed by atoms with E-state index in [4.69, 9.17) is 4.74 Å². The summed E-state index contributed by atoms with van der Waals surface area (Å²) in [6.07, 6.45) is 2.63. The average Bonchev–Trinajstić information content (AvgIpc) is 2.94. The van der Waals surface area contributed by atoms with Crippen LogP contribution < -0.4 is 10.6 Å². The minimum absolute atomic E-state index is 0.318. The molecule has 0 aliphatic carbocycles. The van der Waals surface area contributed by atoms with Gasteiger partial charge in [0.1, 0.15) is 0 Å². The summed E-state index contributed by atoms with van der Waals surface area (Å²) in [5.41, 5.74) is 0. The number of rotatable bonds is 8. The van der Waals surface area contributed by atoms with Gasteiger partial charge in [0.2, 0.25) is 0 Å². The van der Waals surface area contributed by atoms with Crippen LogP contribution in [-0.2, 0) is 4.74 Å². The maximum Gasteiger partial charge on any atom is 0.191 e. The molecule has 1 unspecified atom stereocenters. The van der Waals surface area contributed by atoms with Gasteiger partial charge in [-0.1, -0.05) is 13.8 Å². The van der Waals surface area contributed by atoms with Gasteiger partial charge in [-0.05, 0) is 32.9 Å². The summed E-state index contributed by atoms with van der Waals surface area (Å²) in [5.74, 6) is 0.908. The number of guanidine groups is 1. The molecule has 0 bridgehead atoms. The minimum Gasteiger partial charge on any atom is -0.376 e. The van der Waals surface area contributed by atoms with E-state index in [1.165, 1.54) is 6.42 Å². The Labute approximate surface area is 117 Å². The zero-order valence-corrected chi connectivity index (χ0v) is 12.7. The molecule has 1 rings (SSSR count). The molecule has 0 amide bonds. The van der Waals surface area contributed by atoms with E-state index in [2.05, 4.69) is 41.3 Å². The van der Waals surface area contributed by atoms with E-state index in [0.717, 1.165) is 58.3 Å². The fourth-order valence-corrected chi connectivity index (χ4v) is 2.20. The van der Waals surface area contributed by atoms with Gasteiger partial charge in [-0.3, -0.25) is 4.99 Å². The normalized spacial score (nSPS) is 20.0. The summed E-state index contributed by atoms with van der Waals surface area (Å²) in [4.78, 5) is 6.99. The predicted molar refractivity (Wildman–Crippen MR) is 80.7 cm³/mol. The summed E-state index contributed by atoms with van der Waals surface area (Å²) in [6, 6.07) is 0. The van der Waals surface area contributed by atoms with E-state index in [1.54, 1.807) is 0 Å². The molecule has 1 aliphatic rings. The Morgan fingerprint density at radius 1 is 1.26 bits per heavy atom. The van der Waals surface area contributed by atoms with Crippen LogP contribution in [0.5, 0.6) is 0 Å². The smallest absolute Gasteiger partial charge is 0.191 e. The molecule has 5 heteroatoms. The van der Waals surface area contributed by atoms with Gasteiger partial charge in [-0.15, -0.1) is 0 Å². The van der Waals surface area contributed by atoms with Crippen LogP contribution in [-0.4, -0.2) is 62.8 Å². The Hall–Kier alpha value is -0.810. The summed E-state index contributed by atoms with van der Waals surface area (Å²) in [5, 5.41) is 6.67. The minimum atomic E-state index is 0.318. The van der Waals surface area contributed by atoms with Gasteiger partial charge < -0.3 is 20.3 Å². The lowest BCUT2D eigenvalue weighted by Gasteiger charge is -2.19. The lowest BCUT2D eigenvalue weighted by Crippen LogP contribution is -2.42. The lowest BCUT2D eigenvalue weighted by molar-refractivity contribution is 0.117. The van der Waals surface area contributed by atoms with Crippen molar-refractivity contribution in [2.75, 3.05) is 45.9 Å². The van der Waals surface area contributed by atoms with Gasteiger partial charge in [-0.25, -0.2) is 0 Å². The third kappa shape index (κ3) is 6.78. The molecule has 1 fully saturated rings. The zero-order chi connectivity index (χ0) is 13.9. The van der Waals surface area contributed by atoms with Gasteiger partial charge in [0.05, 0.1) is 12.6 Å². The Morgan fingerprint density at radius 3 is 2.63 bits per heavy atom. The van der Waals surface area contributed by atoms with Crippen LogP contribution in [0.25, 0.3) is 0 Å². The van der Waals surface area contributed by atoms with Gasteiger partial charge >= 0.3 is 0 Å². The highest BCUT2D eigenvalue weighted by molar-refractivity contribution is 5.79. The average molecular weight is 270 g/mol. The van der Waals surface area contributed by atoms with Crippen molar-refractivity contribution in [2.24, 2.45) is 4.99 Å². The Morgan fingerprint density at radius 2 is 2.05 bits per heavy atom. The summed E-state index contributed by atoms with van der Waals surface area (Å²) >= 11 is 0. The maximum atomic E-state index is 5.59. The number of likely N-dealkylation sites (N-methyl/N-ethyl adjacent to an activating group) is 1. The first-order valence-corrected chi connectivity index (χ1v) is 7.66. The first-order valence-electron chi connectivity index (χ1n) is 7.66. The van der Waals surface area contributed by atoms with Crippen molar-refractivity contribution in [1.29, 1.82) is 0 Å². The molecule has 19 heavy (non-hydrogen) atoms. The van der Waals surface area contributed by atoms with Crippen LogP contribution in [0.15, 0.2) is 4.99 Å². The fraction of sp³-hybridized carbons (Fsp3) is 0.929. The quantitative estimate of drug-likeness (QED) is 0.511. The molecule has 0 aromatic carbocycles. The molecule has 1 heterocycles. The molecule has 5 nitrogen and oxygen atoms in total. The third-order valence-corrected chi connectivity index (χ3v) is 3.44. The SMILES string of the molecule is CCNC(=NCC1CCCO1)NCCN(CC)CC. The predicted octanol–water partition coefficient (Wildman–Crippen LogP) is 1.06. The Kier molecular flexibility index (Phi) is 8.58. The van der Waals surface area contributed by atoms with Crippen LogP contribution in [0.1, 0.15) is 33.6 Å². The van der Waals surface area contributed by atoms with E-state index in [1.807, 2.05) is 0 Å². The molecule has 0 saturated carbocycles. The van der Waals surface area contributed by atoms with Crippen molar-refractivity contribution in [1.82, 2.24) is 15.5 Å². The highest BCUT2D eigenvalue weighted by atomic mass is 16.5. The van der Waals surface area contributed by atoms with E-state index in [0.29, 0.717) is 6.10 Å². The molecule has 0 spiro atoms. The van der Waals surface area contributed by atoms with Crippen molar-refractivity contribution in [3.63, 3.8) is 0 Å². The van der Waals surface area contributed by atoms with Gasteiger partial charge in [0.15, 0.2) is 5.96 Å². The van der Waals surface area contributed by atoms with Crippen LogP contribution in [0.2, 0.25) is 0 Å². The second-order valence-corrected chi connectivity index (χ2v) is 4.81. The van der Waals surface area contributed by atoms with Gasteiger partial charge in [-0.2, -0.15) is 0 Å². The highest BCUT2D eigenvalue weighted by Crippen LogP contribution is 2.11. The number of aliphatic imine (C=N–C) groups is 1. The molecular formula is C14H30N4O. The van der Waals surface area contributed by atoms with Crippen molar-refractivity contribution in [3.8, 4) is 0 Å². The molecule has 0 aromatic heterocycles. The molecule has 112 valence electrons. The van der Waals surface area contributed by atoms with Crippen molar-refractivity contribution in [3.05, 3.63) is 0 Å². The van der Waals surface area contributed by atoms with Gasteiger partial charge in [0.25, 0.3) is 0 Å². The summed E-state index contributed by atoms with van der Waals surface area (Å²) in [7, 11) is 0. The van der Waals surface area contributed by atoms with E-state index in [-0.39, 0.29) is 0 Å². The number of nitrogens with one attached hydrogen (secondary N) is 2. The van der Waals surface area contributed by atoms with Crippen LogP contribution in [0.3, 0.4) is 0 Å². The second kappa shape index (κ2) is 10.0. The monoisotopic (exact) mass is 270 g/mol. The van der Waals surface area contributed by atoms with Crippen LogP contribution in [0.4, 0.5) is 0 Å². The number of hydrogen-bond acceptors (Lipinski definition) is 3. The molecule has 0 aromatic rings. The highest BCUT2D eigenvalue weighted by Gasteiger charge is 2.14. The Balaban J connectivity index is 2.27. The van der Waals surface area contributed by atoms with Crippen LogP contribution in [0, 0.1) is 0 Å². The third-order valence-electron chi connectivity index (χ3n) is 3.44. The van der Waals surface area contributed by atoms with Crippen molar-refractivity contribution < 1.29 is 4.74 Å².